The number of hydrogen-bond acceptors (Lipinski definition) is 3. The van der Waals surface area contributed by atoms with Crippen molar-refractivity contribution in [1.29, 1.82) is 0 Å². The van der Waals surface area contributed by atoms with Crippen molar-refractivity contribution in [2.75, 3.05) is 5.75 Å². The molecule has 1 aliphatic carbocycles. The lowest BCUT2D eigenvalue weighted by Gasteiger charge is -2.32. The van der Waals surface area contributed by atoms with Crippen LogP contribution in [0, 0.1) is 0 Å². The molecule has 1 unspecified atom stereocenters. The molecule has 2 amide bonds. The number of carbonyl (C=O) groups excluding carboxylic acids is 2. The molecule has 1 aliphatic rings. The summed E-state index contributed by atoms with van der Waals surface area (Å²) in [6.07, 6.45) is 4.68. The van der Waals surface area contributed by atoms with Gasteiger partial charge in [-0.1, -0.05) is 78.3 Å². The van der Waals surface area contributed by atoms with Crippen molar-refractivity contribution in [3.8, 4) is 0 Å². The lowest BCUT2D eigenvalue weighted by molar-refractivity contribution is -0.139. The SMILES string of the molecule is CCC(C(=O)NC1CCCC1)N(Cc1c(Cl)cccc1Cl)C(=O)CSCc1ccc(Cl)c(Cl)c1. The Hall–Kier alpha value is -1.11. The second-order valence-electron chi connectivity index (χ2n) is 8.38. The van der Waals surface area contributed by atoms with Gasteiger partial charge in [0.05, 0.1) is 15.8 Å². The molecular formula is C25H28Cl4N2O2S. The molecule has 0 aromatic heterocycles. The Morgan fingerprint density at radius 3 is 2.32 bits per heavy atom. The van der Waals surface area contributed by atoms with Crippen LogP contribution in [0.25, 0.3) is 0 Å². The third kappa shape index (κ3) is 7.44. The van der Waals surface area contributed by atoms with Crippen LogP contribution in [0.4, 0.5) is 0 Å². The number of benzene rings is 2. The topological polar surface area (TPSA) is 49.4 Å². The second kappa shape index (κ2) is 13.3. The van der Waals surface area contributed by atoms with E-state index in [0.717, 1.165) is 31.2 Å². The highest BCUT2D eigenvalue weighted by atomic mass is 35.5. The van der Waals surface area contributed by atoms with Gasteiger partial charge in [-0.3, -0.25) is 9.59 Å². The smallest absolute Gasteiger partial charge is 0.243 e. The van der Waals surface area contributed by atoms with Crippen LogP contribution in [0.2, 0.25) is 20.1 Å². The average molecular weight is 562 g/mol. The van der Waals surface area contributed by atoms with E-state index < -0.39 is 6.04 Å². The zero-order valence-corrected chi connectivity index (χ0v) is 22.8. The van der Waals surface area contributed by atoms with Crippen LogP contribution in [-0.4, -0.2) is 34.6 Å². The lowest BCUT2D eigenvalue weighted by atomic mass is 10.1. The fourth-order valence-corrected chi connectivity index (χ4v) is 5.80. The number of nitrogens with one attached hydrogen (secondary N) is 1. The van der Waals surface area contributed by atoms with Gasteiger partial charge >= 0.3 is 0 Å². The minimum atomic E-state index is -0.606. The Balaban J connectivity index is 1.75. The number of carbonyl (C=O) groups is 2. The average Bonchev–Trinajstić information content (AvgIpc) is 3.31. The van der Waals surface area contributed by atoms with Gasteiger partial charge < -0.3 is 10.2 Å². The Bertz CT molecular complexity index is 994. The number of rotatable bonds is 10. The number of halogens is 4. The van der Waals surface area contributed by atoms with Crippen molar-refractivity contribution in [1.82, 2.24) is 10.2 Å². The van der Waals surface area contributed by atoms with Crippen molar-refractivity contribution in [2.24, 2.45) is 0 Å². The van der Waals surface area contributed by atoms with Crippen molar-refractivity contribution >= 4 is 70.0 Å². The Morgan fingerprint density at radius 1 is 1.03 bits per heavy atom. The number of hydrogen-bond donors (Lipinski definition) is 1. The third-order valence-corrected chi connectivity index (χ3v) is 8.39. The summed E-state index contributed by atoms with van der Waals surface area (Å²) >= 11 is 26.4. The van der Waals surface area contributed by atoms with Crippen molar-refractivity contribution in [3.05, 3.63) is 67.6 Å². The van der Waals surface area contributed by atoms with Gasteiger partial charge in [0.1, 0.15) is 6.04 Å². The summed E-state index contributed by atoms with van der Waals surface area (Å²) in [6.45, 7) is 2.08. The highest BCUT2D eigenvalue weighted by molar-refractivity contribution is 7.99. The third-order valence-electron chi connectivity index (χ3n) is 5.96. The molecule has 0 spiro atoms. The van der Waals surface area contributed by atoms with Crippen LogP contribution in [0.3, 0.4) is 0 Å². The number of amides is 2. The van der Waals surface area contributed by atoms with Crippen LogP contribution in [0.5, 0.6) is 0 Å². The zero-order chi connectivity index (χ0) is 24.7. The molecule has 1 fully saturated rings. The molecule has 1 saturated carbocycles. The van der Waals surface area contributed by atoms with Gasteiger partial charge in [-0.25, -0.2) is 0 Å². The van der Waals surface area contributed by atoms with Crippen molar-refractivity contribution in [2.45, 2.75) is 63.4 Å². The molecule has 184 valence electrons. The molecule has 3 rings (SSSR count). The van der Waals surface area contributed by atoms with Crippen molar-refractivity contribution in [3.63, 3.8) is 0 Å². The van der Waals surface area contributed by atoms with Crippen molar-refractivity contribution < 1.29 is 9.59 Å². The normalized spacial score (nSPS) is 14.7. The van der Waals surface area contributed by atoms with Crippen LogP contribution >= 0.6 is 58.2 Å². The zero-order valence-electron chi connectivity index (χ0n) is 19.0. The summed E-state index contributed by atoms with van der Waals surface area (Å²) in [4.78, 5) is 28.2. The summed E-state index contributed by atoms with van der Waals surface area (Å²) in [5.41, 5.74) is 1.61. The van der Waals surface area contributed by atoms with Gasteiger partial charge in [-0.2, -0.15) is 0 Å². The summed E-state index contributed by atoms with van der Waals surface area (Å²) in [7, 11) is 0. The van der Waals surface area contributed by atoms with E-state index in [1.54, 1.807) is 35.2 Å². The first-order valence-electron chi connectivity index (χ1n) is 11.3. The number of thioether (sulfide) groups is 1. The fourth-order valence-electron chi connectivity index (χ4n) is 4.11. The Labute approximate surface area is 225 Å². The van der Waals surface area contributed by atoms with Gasteiger partial charge in [0.15, 0.2) is 0 Å². The standard InChI is InChI=1S/C25H28Cl4N2O2S/c1-2-23(25(33)30-17-6-3-4-7-17)31(13-18-19(26)8-5-9-20(18)27)24(32)15-34-14-16-10-11-21(28)22(29)12-16/h5,8-12,17,23H,2-4,6-7,13-15H2,1H3,(H,30,33). The molecule has 0 heterocycles. The Kier molecular flexibility index (Phi) is 10.7. The molecule has 1 N–H and O–H groups in total. The van der Waals surface area contributed by atoms with Gasteiger partial charge in [0, 0.05) is 33.9 Å². The minimum Gasteiger partial charge on any atom is -0.352 e. The first-order valence-corrected chi connectivity index (χ1v) is 14.0. The molecule has 9 heteroatoms. The fraction of sp³-hybridized carbons (Fsp3) is 0.440. The van der Waals surface area contributed by atoms with E-state index in [9.17, 15) is 9.59 Å². The molecule has 0 aliphatic heterocycles. The maximum atomic E-state index is 13.4. The minimum absolute atomic E-state index is 0.125. The van der Waals surface area contributed by atoms with Crippen LogP contribution in [0.15, 0.2) is 36.4 Å². The Morgan fingerprint density at radius 2 is 1.71 bits per heavy atom. The summed E-state index contributed by atoms with van der Waals surface area (Å²) in [5.74, 6) is 0.527. The molecule has 1 atom stereocenters. The van der Waals surface area contributed by atoms with Gasteiger partial charge in [0.2, 0.25) is 11.8 Å². The molecule has 2 aromatic carbocycles. The summed E-state index contributed by atoms with van der Waals surface area (Å²) in [6, 6.07) is 10.2. The molecular weight excluding hydrogens is 534 g/mol. The molecule has 2 aromatic rings. The first kappa shape index (κ1) is 27.5. The van der Waals surface area contributed by atoms with Crippen LogP contribution in [-0.2, 0) is 21.9 Å². The van der Waals surface area contributed by atoms with Gasteiger partial charge in [0.25, 0.3) is 0 Å². The first-order chi connectivity index (χ1) is 16.3. The highest BCUT2D eigenvalue weighted by Crippen LogP contribution is 2.29. The maximum Gasteiger partial charge on any atom is 0.243 e. The summed E-state index contributed by atoms with van der Waals surface area (Å²) in [5, 5.41) is 5.06. The lowest BCUT2D eigenvalue weighted by Crippen LogP contribution is -2.51. The van der Waals surface area contributed by atoms with Crippen LogP contribution < -0.4 is 5.32 Å². The molecule has 4 nitrogen and oxygen atoms in total. The largest absolute Gasteiger partial charge is 0.352 e. The summed E-state index contributed by atoms with van der Waals surface area (Å²) < 4.78 is 0. The quantitative estimate of drug-likeness (QED) is 0.329. The van der Waals surface area contributed by atoms with Crippen LogP contribution in [0.1, 0.15) is 50.2 Å². The van der Waals surface area contributed by atoms with E-state index in [0.29, 0.717) is 37.8 Å². The predicted molar refractivity (Wildman–Crippen MR) is 144 cm³/mol. The molecule has 34 heavy (non-hydrogen) atoms. The predicted octanol–water partition coefficient (Wildman–Crippen LogP) is 7.40. The monoisotopic (exact) mass is 560 g/mol. The molecule has 0 saturated heterocycles. The molecule has 0 bridgehead atoms. The van der Waals surface area contributed by atoms with E-state index in [2.05, 4.69) is 5.32 Å². The van der Waals surface area contributed by atoms with E-state index in [1.165, 1.54) is 11.8 Å². The van der Waals surface area contributed by atoms with Gasteiger partial charge in [-0.05, 0) is 49.1 Å². The van der Waals surface area contributed by atoms with Gasteiger partial charge in [-0.15, -0.1) is 11.8 Å². The van der Waals surface area contributed by atoms with E-state index in [-0.39, 0.29) is 30.2 Å². The van der Waals surface area contributed by atoms with E-state index in [4.69, 9.17) is 46.4 Å². The number of nitrogens with zero attached hydrogens (tertiary/aromatic N) is 1. The maximum absolute atomic E-state index is 13.4. The molecule has 0 radical (unpaired) electrons. The second-order valence-corrected chi connectivity index (χ2v) is 11.0. The van der Waals surface area contributed by atoms with E-state index in [1.807, 2.05) is 13.0 Å². The highest BCUT2D eigenvalue weighted by Gasteiger charge is 2.31. The van der Waals surface area contributed by atoms with E-state index >= 15 is 0 Å².